The fourth-order valence-electron chi connectivity index (χ4n) is 2.53. The summed E-state index contributed by atoms with van der Waals surface area (Å²) in [5.41, 5.74) is 6.00. The second kappa shape index (κ2) is 7.28. The second-order valence-corrected chi connectivity index (χ2v) is 7.10. The van der Waals surface area contributed by atoms with Gasteiger partial charge in [-0.3, -0.25) is 4.68 Å². The molecule has 23 heavy (non-hydrogen) atoms. The lowest BCUT2D eigenvalue weighted by molar-refractivity contribution is -0.0149. The summed E-state index contributed by atoms with van der Waals surface area (Å²) in [7, 11) is 1.99. The summed E-state index contributed by atoms with van der Waals surface area (Å²) in [6.45, 7) is 12.8. The van der Waals surface area contributed by atoms with Gasteiger partial charge in [0, 0.05) is 31.4 Å². The maximum atomic E-state index is 5.85. The lowest BCUT2D eigenvalue weighted by Crippen LogP contribution is -2.19. The van der Waals surface area contributed by atoms with Crippen LogP contribution in [0.4, 0.5) is 0 Å². The summed E-state index contributed by atoms with van der Waals surface area (Å²) in [6, 6.07) is 8.57. The number of benzene rings is 1. The first kappa shape index (κ1) is 17.7. The third-order valence-corrected chi connectivity index (χ3v) is 3.95. The van der Waals surface area contributed by atoms with Crippen LogP contribution in [0.25, 0.3) is 0 Å². The van der Waals surface area contributed by atoms with E-state index >= 15 is 0 Å². The maximum absolute atomic E-state index is 5.85. The van der Waals surface area contributed by atoms with E-state index in [4.69, 9.17) is 4.74 Å². The molecule has 0 bridgehead atoms. The molecule has 0 aliphatic heterocycles. The fraction of sp³-hybridized carbons (Fsp3) is 0.526. The molecule has 1 aromatic carbocycles. The number of nitrogens with zero attached hydrogens (tertiary/aromatic N) is 2. The van der Waals surface area contributed by atoms with E-state index in [9.17, 15) is 0 Å². The molecule has 0 atom stereocenters. The van der Waals surface area contributed by atoms with Gasteiger partial charge in [0.1, 0.15) is 0 Å². The summed E-state index contributed by atoms with van der Waals surface area (Å²) in [5, 5.41) is 7.98. The van der Waals surface area contributed by atoms with Crippen molar-refractivity contribution >= 4 is 0 Å². The number of aromatic nitrogens is 2. The smallest absolute Gasteiger partial charge is 0.0724 e. The van der Waals surface area contributed by atoms with Crippen molar-refractivity contribution in [2.75, 3.05) is 0 Å². The Balaban J connectivity index is 1.91. The molecule has 0 unspecified atom stereocenters. The van der Waals surface area contributed by atoms with E-state index in [0.717, 1.165) is 18.8 Å². The molecule has 4 nitrogen and oxygen atoms in total. The summed E-state index contributed by atoms with van der Waals surface area (Å²) >= 11 is 0. The van der Waals surface area contributed by atoms with Crippen LogP contribution in [0, 0.1) is 13.8 Å². The number of nitrogens with one attached hydrogen (secondary N) is 1. The van der Waals surface area contributed by atoms with Gasteiger partial charge in [-0.05, 0) is 45.7 Å². The van der Waals surface area contributed by atoms with Crippen molar-refractivity contribution in [1.29, 1.82) is 0 Å². The number of ether oxygens (including phenoxy) is 1. The minimum atomic E-state index is -0.108. The third kappa shape index (κ3) is 5.19. The standard InChI is InChI=1S/C19H29N3O/c1-14-18(15(2)22(6)21-14)12-20-11-16-8-7-9-17(10-16)13-23-19(3,4)5/h7-10,20H,11-13H2,1-6H3. The lowest BCUT2D eigenvalue weighted by Gasteiger charge is -2.19. The normalized spacial score (nSPS) is 11.9. The van der Waals surface area contributed by atoms with Crippen LogP contribution in [-0.2, 0) is 31.5 Å². The number of aryl methyl sites for hydroxylation is 2. The van der Waals surface area contributed by atoms with Crippen LogP contribution in [0.5, 0.6) is 0 Å². The van der Waals surface area contributed by atoms with Crippen molar-refractivity contribution in [3.63, 3.8) is 0 Å². The van der Waals surface area contributed by atoms with Gasteiger partial charge < -0.3 is 10.1 Å². The van der Waals surface area contributed by atoms with Crippen molar-refractivity contribution in [1.82, 2.24) is 15.1 Å². The molecular weight excluding hydrogens is 286 g/mol. The third-order valence-electron chi connectivity index (χ3n) is 3.95. The van der Waals surface area contributed by atoms with E-state index in [1.807, 2.05) is 11.7 Å². The van der Waals surface area contributed by atoms with Gasteiger partial charge in [-0.1, -0.05) is 24.3 Å². The van der Waals surface area contributed by atoms with E-state index < -0.39 is 0 Å². The summed E-state index contributed by atoms with van der Waals surface area (Å²) in [6.07, 6.45) is 0. The van der Waals surface area contributed by atoms with Crippen LogP contribution in [-0.4, -0.2) is 15.4 Å². The molecule has 1 N–H and O–H groups in total. The van der Waals surface area contributed by atoms with Crippen LogP contribution in [0.15, 0.2) is 24.3 Å². The summed E-state index contributed by atoms with van der Waals surface area (Å²) in [5.74, 6) is 0. The first-order chi connectivity index (χ1) is 10.8. The van der Waals surface area contributed by atoms with Gasteiger partial charge in [-0.2, -0.15) is 5.10 Å². The molecule has 126 valence electrons. The highest BCUT2D eigenvalue weighted by atomic mass is 16.5. The highest BCUT2D eigenvalue weighted by molar-refractivity contribution is 5.25. The largest absolute Gasteiger partial charge is 0.371 e. The SMILES string of the molecule is Cc1nn(C)c(C)c1CNCc1cccc(COC(C)(C)C)c1. The van der Waals surface area contributed by atoms with Crippen molar-refractivity contribution in [2.24, 2.45) is 7.05 Å². The molecule has 1 heterocycles. The van der Waals surface area contributed by atoms with Crippen LogP contribution in [0.3, 0.4) is 0 Å². The van der Waals surface area contributed by atoms with E-state index in [0.29, 0.717) is 6.61 Å². The molecule has 0 fully saturated rings. The first-order valence-corrected chi connectivity index (χ1v) is 8.18. The van der Waals surface area contributed by atoms with Crippen LogP contribution in [0.1, 0.15) is 48.8 Å². The monoisotopic (exact) mass is 315 g/mol. The van der Waals surface area contributed by atoms with E-state index in [1.165, 1.54) is 22.4 Å². The molecule has 0 amide bonds. The zero-order chi connectivity index (χ0) is 17.0. The number of hydrogen-bond donors (Lipinski definition) is 1. The maximum Gasteiger partial charge on any atom is 0.0724 e. The second-order valence-electron chi connectivity index (χ2n) is 7.10. The molecule has 0 saturated heterocycles. The molecular formula is C19H29N3O. The average molecular weight is 315 g/mol. The Morgan fingerprint density at radius 1 is 1.13 bits per heavy atom. The molecule has 0 aliphatic rings. The van der Waals surface area contributed by atoms with Crippen LogP contribution >= 0.6 is 0 Å². The van der Waals surface area contributed by atoms with E-state index in [1.54, 1.807) is 0 Å². The molecule has 1 aromatic heterocycles. The highest BCUT2D eigenvalue weighted by Crippen LogP contribution is 2.14. The molecule has 0 spiro atoms. The van der Waals surface area contributed by atoms with Crippen molar-refractivity contribution < 1.29 is 4.74 Å². The van der Waals surface area contributed by atoms with E-state index in [2.05, 4.69) is 69.3 Å². The van der Waals surface area contributed by atoms with Gasteiger partial charge in [0.05, 0.1) is 17.9 Å². The Morgan fingerprint density at radius 3 is 2.43 bits per heavy atom. The molecule has 2 rings (SSSR count). The van der Waals surface area contributed by atoms with Crippen LogP contribution < -0.4 is 5.32 Å². The van der Waals surface area contributed by atoms with Gasteiger partial charge in [0.2, 0.25) is 0 Å². The minimum absolute atomic E-state index is 0.108. The van der Waals surface area contributed by atoms with Gasteiger partial charge in [-0.15, -0.1) is 0 Å². The lowest BCUT2D eigenvalue weighted by atomic mass is 10.1. The Labute approximate surface area is 139 Å². The summed E-state index contributed by atoms with van der Waals surface area (Å²) in [4.78, 5) is 0. The van der Waals surface area contributed by atoms with Gasteiger partial charge in [0.25, 0.3) is 0 Å². The predicted octanol–water partition coefficient (Wildman–Crippen LogP) is 3.64. The van der Waals surface area contributed by atoms with Gasteiger partial charge >= 0.3 is 0 Å². The minimum Gasteiger partial charge on any atom is -0.371 e. The number of rotatable bonds is 6. The Bertz CT molecular complexity index is 653. The molecule has 2 aromatic rings. The van der Waals surface area contributed by atoms with Crippen molar-refractivity contribution in [2.45, 2.75) is 59.9 Å². The Kier molecular flexibility index (Phi) is 5.60. The first-order valence-electron chi connectivity index (χ1n) is 8.18. The average Bonchev–Trinajstić information content (AvgIpc) is 2.71. The van der Waals surface area contributed by atoms with Gasteiger partial charge in [0.15, 0.2) is 0 Å². The van der Waals surface area contributed by atoms with Crippen molar-refractivity contribution in [3.05, 3.63) is 52.3 Å². The quantitative estimate of drug-likeness (QED) is 0.884. The Hall–Kier alpha value is -1.65. The predicted molar refractivity (Wildman–Crippen MR) is 94.2 cm³/mol. The highest BCUT2D eigenvalue weighted by Gasteiger charge is 2.10. The summed E-state index contributed by atoms with van der Waals surface area (Å²) < 4.78 is 7.79. The van der Waals surface area contributed by atoms with E-state index in [-0.39, 0.29) is 5.60 Å². The topological polar surface area (TPSA) is 39.1 Å². The van der Waals surface area contributed by atoms with Crippen molar-refractivity contribution in [3.8, 4) is 0 Å². The molecule has 0 saturated carbocycles. The molecule has 0 aliphatic carbocycles. The number of hydrogen-bond acceptors (Lipinski definition) is 3. The fourth-order valence-corrected chi connectivity index (χ4v) is 2.53. The zero-order valence-corrected chi connectivity index (χ0v) is 15.2. The molecule has 4 heteroatoms. The zero-order valence-electron chi connectivity index (χ0n) is 15.2. The molecule has 0 radical (unpaired) electrons. The Morgan fingerprint density at radius 2 is 1.83 bits per heavy atom. The van der Waals surface area contributed by atoms with Crippen LogP contribution in [0.2, 0.25) is 0 Å². The van der Waals surface area contributed by atoms with Gasteiger partial charge in [-0.25, -0.2) is 0 Å².